The second-order valence-corrected chi connectivity index (χ2v) is 5.21. The summed E-state index contributed by atoms with van der Waals surface area (Å²) in [5, 5.41) is 0. The van der Waals surface area contributed by atoms with Crippen LogP contribution in [0.15, 0.2) is 23.8 Å². The number of rotatable bonds is 1. The van der Waals surface area contributed by atoms with E-state index in [9.17, 15) is 4.79 Å². The molecule has 0 spiro atoms. The van der Waals surface area contributed by atoms with Crippen molar-refractivity contribution in [3.63, 3.8) is 0 Å². The molecule has 0 aromatic carbocycles. The van der Waals surface area contributed by atoms with Crippen LogP contribution in [0.5, 0.6) is 0 Å². The van der Waals surface area contributed by atoms with E-state index in [1.807, 2.05) is 12.2 Å². The molecule has 0 aliphatic heterocycles. The predicted octanol–water partition coefficient (Wildman–Crippen LogP) is 2.51. The van der Waals surface area contributed by atoms with E-state index >= 15 is 0 Å². The van der Waals surface area contributed by atoms with Gasteiger partial charge in [0.25, 0.3) is 0 Å². The van der Waals surface area contributed by atoms with Gasteiger partial charge in [0.05, 0.1) is 9.34 Å². The van der Waals surface area contributed by atoms with E-state index in [-0.39, 0.29) is 9.34 Å². The molecule has 0 aromatic rings. The molecule has 0 fully saturated rings. The minimum absolute atomic E-state index is 0.0196. The van der Waals surface area contributed by atoms with Crippen molar-refractivity contribution in [2.45, 2.75) is 17.3 Å². The molecule has 0 N–H and O–H groups in total. The maximum atomic E-state index is 10.6. The van der Waals surface area contributed by atoms with Crippen LogP contribution < -0.4 is 0 Å². The molecule has 0 aromatic heterocycles. The standard InChI is InChI=1S/C9H11IO/c1-7-4-3-5-8(6-11)9(7,2)10/h3-6,8H,1-2H3. The number of alkyl halides is 1. The van der Waals surface area contributed by atoms with Crippen LogP contribution in [0, 0.1) is 5.92 Å². The summed E-state index contributed by atoms with van der Waals surface area (Å²) in [5.41, 5.74) is 1.26. The van der Waals surface area contributed by atoms with Gasteiger partial charge >= 0.3 is 0 Å². The van der Waals surface area contributed by atoms with Crippen LogP contribution in [0.2, 0.25) is 0 Å². The van der Waals surface area contributed by atoms with Crippen molar-refractivity contribution in [3.05, 3.63) is 23.8 Å². The van der Waals surface area contributed by atoms with Gasteiger partial charge in [-0.15, -0.1) is 0 Å². The highest BCUT2D eigenvalue weighted by molar-refractivity contribution is 14.1. The minimum Gasteiger partial charge on any atom is -0.303 e. The fourth-order valence-electron chi connectivity index (χ4n) is 1.10. The number of carbonyl (C=O) groups excluding carboxylic acids is 1. The van der Waals surface area contributed by atoms with Crippen molar-refractivity contribution in [1.29, 1.82) is 0 Å². The Labute approximate surface area is 80.7 Å². The summed E-state index contributed by atoms with van der Waals surface area (Å²) in [6.07, 6.45) is 6.98. The van der Waals surface area contributed by atoms with E-state index in [0.717, 1.165) is 6.29 Å². The van der Waals surface area contributed by atoms with Crippen molar-refractivity contribution in [2.75, 3.05) is 0 Å². The molecule has 0 saturated carbocycles. The van der Waals surface area contributed by atoms with E-state index in [1.54, 1.807) is 0 Å². The maximum absolute atomic E-state index is 10.6. The van der Waals surface area contributed by atoms with E-state index in [1.165, 1.54) is 5.57 Å². The molecular formula is C9H11IO. The number of aldehydes is 1. The zero-order valence-corrected chi connectivity index (χ0v) is 8.83. The topological polar surface area (TPSA) is 17.1 Å². The molecule has 2 heteroatoms. The molecule has 0 amide bonds. The number of allylic oxidation sites excluding steroid dienone is 4. The Hall–Kier alpha value is -0.120. The van der Waals surface area contributed by atoms with Gasteiger partial charge in [-0.3, -0.25) is 0 Å². The summed E-state index contributed by atoms with van der Waals surface area (Å²) < 4.78 is -0.0196. The van der Waals surface area contributed by atoms with Crippen molar-refractivity contribution in [2.24, 2.45) is 5.92 Å². The van der Waals surface area contributed by atoms with Crippen LogP contribution in [-0.2, 0) is 4.79 Å². The summed E-state index contributed by atoms with van der Waals surface area (Å²) in [4.78, 5) is 10.6. The number of carbonyl (C=O) groups is 1. The van der Waals surface area contributed by atoms with Crippen molar-refractivity contribution in [3.8, 4) is 0 Å². The highest BCUT2D eigenvalue weighted by atomic mass is 127. The molecule has 0 radical (unpaired) electrons. The zero-order chi connectivity index (χ0) is 8.48. The van der Waals surface area contributed by atoms with Crippen molar-refractivity contribution < 1.29 is 4.79 Å². The highest BCUT2D eigenvalue weighted by Crippen LogP contribution is 2.37. The molecule has 60 valence electrons. The van der Waals surface area contributed by atoms with Crippen LogP contribution in [0.3, 0.4) is 0 Å². The van der Waals surface area contributed by atoms with E-state index < -0.39 is 0 Å². The Bertz CT molecular complexity index is 226. The highest BCUT2D eigenvalue weighted by Gasteiger charge is 2.32. The summed E-state index contributed by atoms with van der Waals surface area (Å²) in [7, 11) is 0. The fraction of sp³-hybridized carbons (Fsp3) is 0.444. The summed E-state index contributed by atoms with van der Waals surface area (Å²) in [6, 6.07) is 0. The van der Waals surface area contributed by atoms with E-state index in [2.05, 4.69) is 42.5 Å². The Kier molecular flexibility index (Phi) is 2.52. The quantitative estimate of drug-likeness (QED) is 0.403. The Morgan fingerprint density at radius 3 is 2.82 bits per heavy atom. The number of hydrogen-bond donors (Lipinski definition) is 0. The number of halogens is 1. The number of hydrogen-bond acceptors (Lipinski definition) is 1. The first kappa shape index (κ1) is 8.97. The van der Waals surface area contributed by atoms with E-state index in [4.69, 9.17) is 0 Å². The monoisotopic (exact) mass is 262 g/mol. The predicted molar refractivity (Wildman–Crippen MR) is 54.9 cm³/mol. The Morgan fingerprint density at radius 2 is 2.36 bits per heavy atom. The molecule has 11 heavy (non-hydrogen) atoms. The molecule has 1 aliphatic carbocycles. The second-order valence-electron chi connectivity index (χ2n) is 2.97. The Balaban J connectivity index is 2.97. The lowest BCUT2D eigenvalue weighted by Gasteiger charge is -2.30. The van der Waals surface area contributed by atoms with Gasteiger partial charge in [0.1, 0.15) is 6.29 Å². The molecule has 1 rings (SSSR count). The van der Waals surface area contributed by atoms with Gasteiger partial charge in [-0.05, 0) is 13.8 Å². The molecule has 1 nitrogen and oxygen atoms in total. The fourth-order valence-corrected chi connectivity index (χ4v) is 1.63. The lowest BCUT2D eigenvalue weighted by atomic mass is 9.85. The van der Waals surface area contributed by atoms with Crippen molar-refractivity contribution in [1.82, 2.24) is 0 Å². The lowest BCUT2D eigenvalue weighted by Crippen LogP contribution is -2.30. The van der Waals surface area contributed by atoms with Gasteiger partial charge in [-0.1, -0.05) is 46.4 Å². The van der Waals surface area contributed by atoms with Gasteiger partial charge < -0.3 is 4.79 Å². The first-order valence-corrected chi connectivity index (χ1v) is 4.66. The summed E-state index contributed by atoms with van der Waals surface area (Å²) in [5.74, 6) is 0.0353. The molecule has 0 bridgehead atoms. The normalized spacial score (nSPS) is 36.6. The molecule has 2 unspecified atom stereocenters. The van der Waals surface area contributed by atoms with E-state index in [0.29, 0.717) is 0 Å². The molecule has 0 heterocycles. The zero-order valence-electron chi connectivity index (χ0n) is 6.67. The minimum atomic E-state index is -0.0196. The SMILES string of the molecule is CC1=CC=CC(C=O)C1(C)I. The molecule has 0 saturated heterocycles. The Morgan fingerprint density at radius 1 is 1.73 bits per heavy atom. The first-order valence-electron chi connectivity index (χ1n) is 3.59. The van der Waals surface area contributed by atoms with Gasteiger partial charge in [0.2, 0.25) is 0 Å². The average molecular weight is 262 g/mol. The van der Waals surface area contributed by atoms with Crippen LogP contribution in [-0.4, -0.2) is 9.71 Å². The van der Waals surface area contributed by atoms with Crippen LogP contribution in [0.4, 0.5) is 0 Å². The maximum Gasteiger partial charge on any atom is 0.128 e. The van der Waals surface area contributed by atoms with Crippen LogP contribution >= 0.6 is 22.6 Å². The average Bonchev–Trinajstić information content (AvgIpc) is 1.95. The summed E-state index contributed by atoms with van der Waals surface area (Å²) in [6.45, 7) is 4.15. The largest absolute Gasteiger partial charge is 0.303 e. The van der Waals surface area contributed by atoms with Gasteiger partial charge in [0.15, 0.2) is 0 Å². The molecule has 1 aliphatic rings. The van der Waals surface area contributed by atoms with Crippen molar-refractivity contribution >= 4 is 28.9 Å². The molecular weight excluding hydrogens is 251 g/mol. The third-order valence-corrected chi connectivity index (χ3v) is 3.78. The third-order valence-electron chi connectivity index (χ3n) is 2.21. The lowest BCUT2D eigenvalue weighted by molar-refractivity contribution is -0.110. The van der Waals surface area contributed by atoms with Crippen LogP contribution in [0.1, 0.15) is 13.8 Å². The van der Waals surface area contributed by atoms with Crippen LogP contribution in [0.25, 0.3) is 0 Å². The molecule has 2 atom stereocenters. The van der Waals surface area contributed by atoms with Gasteiger partial charge in [-0.25, -0.2) is 0 Å². The second kappa shape index (κ2) is 3.09. The smallest absolute Gasteiger partial charge is 0.128 e. The van der Waals surface area contributed by atoms with Gasteiger partial charge in [0, 0.05) is 0 Å². The first-order chi connectivity index (χ1) is 5.09. The third kappa shape index (κ3) is 1.55. The van der Waals surface area contributed by atoms with Gasteiger partial charge in [-0.2, -0.15) is 0 Å². The summed E-state index contributed by atoms with van der Waals surface area (Å²) >= 11 is 2.33.